The Morgan fingerprint density at radius 2 is 1.78 bits per heavy atom. The van der Waals surface area contributed by atoms with Crippen molar-refractivity contribution in [2.45, 2.75) is 33.4 Å². The number of hydrogen-bond donors (Lipinski definition) is 1. The summed E-state index contributed by atoms with van der Waals surface area (Å²) in [5.74, 6) is -0.855. The molecule has 8 nitrogen and oxygen atoms in total. The maximum absolute atomic E-state index is 13.0. The summed E-state index contributed by atoms with van der Waals surface area (Å²) in [6.45, 7) is 5.14. The number of ether oxygens (including phenoxy) is 1. The van der Waals surface area contributed by atoms with Gasteiger partial charge in [-0.05, 0) is 50.6 Å². The molecule has 32 heavy (non-hydrogen) atoms. The van der Waals surface area contributed by atoms with Crippen LogP contribution in [0.3, 0.4) is 0 Å². The Morgan fingerprint density at radius 1 is 1.12 bits per heavy atom. The monoisotopic (exact) mass is 430 g/mol. The molecular formula is C24H22N4O4. The first-order chi connectivity index (χ1) is 15.3. The zero-order valence-electron chi connectivity index (χ0n) is 17.9. The van der Waals surface area contributed by atoms with Crippen LogP contribution < -0.4 is 5.56 Å². The van der Waals surface area contributed by atoms with Crippen molar-refractivity contribution in [3.05, 3.63) is 87.2 Å². The van der Waals surface area contributed by atoms with Gasteiger partial charge in [-0.1, -0.05) is 30.3 Å². The predicted octanol–water partition coefficient (Wildman–Crippen LogP) is 4.76. The summed E-state index contributed by atoms with van der Waals surface area (Å²) in [6.07, 6.45) is -0.230. The highest BCUT2D eigenvalue weighted by Gasteiger charge is 2.19. The summed E-state index contributed by atoms with van der Waals surface area (Å²) in [6, 6.07) is 17.3. The Morgan fingerprint density at radius 3 is 2.38 bits per heavy atom. The number of azo groups is 1. The molecule has 162 valence electrons. The number of pyridine rings is 1. The number of benzene rings is 2. The first-order valence-corrected chi connectivity index (χ1v) is 9.95. The lowest BCUT2D eigenvalue weighted by molar-refractivity contribution is 0.0378. The molecular weight excluding hydrogens is 408 g/mol. The zero-order valence-corrected chi connectivity index (χ0v) is 17.9. The van der Waals surface area contributed by atoms with Gasteiger partial charge in [-0.15, -0.1) is 5.11 Å². The smallest absolute Gasteiger partial charge is 0.338 e. The molecule has 0 aliphatic heterocycles. The highest BCUT2D eigenvalue weighted by molar-refractivity contribution is 5.89. The summed E-state index contributed by atoms with van der Waals surface area (Å²) < 4.78 is 6.24. The van der Waals surface area contributed by atoms with Crippen LogP contribution in [0.15, 0.2) is 69.6 Å². The molecule has 0 bridgehead atoms. The molecule has 1 N–H and O–H groups in total. The van der Waals surface area contributed by atoms with Crippen LogP contribution in [0.2, 0.25) is 0 Å². The minimum atomic E-state index is -0.566. The van der Waals surface area contributed by atoms with Crippen molar-refractivity contribution in [2.75, 3.05) is 0 Å². The molecule has 0 amide bonds. The summed E-state index contributed by atoms with van der Waals surface area (Å²) in [5.41, 5.74) is 1.15. The van der Waals surface area contributed by atoms with Crippen LogP contribution in [-0.2, 0) is 11.3 Å². The average molecular weight is 430 g/mol. The summed E-state index contributed by atoms with van der Waals surface area (Å²) >= 11 is 0. The second-order valence-electron chi connectivity index (χ2n) is 7.36. The Kier molecular flexibility index (Phi) is 6.80. The molecule has 0 unspecified atom stereocenters. The second-order valence-corrected chi connectivity index (χ2v) is 7.36. The highest BCUT2D eigenvalue weighted by Crippen LogP contribution is 2.27. The molecule has 0 saturated heterocycles. The van der Waals surface area contributed by atoms with E-state index in [-0.39, 0.29) is 29.5 Å². The Hall–Kier alpha value is -4.25. The van der Waals surface area contributed by atoms with Gasteiger partial charge < -0.3 is 9.84 Å². The van der Waals surface area contributed by atoms with Gasteiger partial charge in [-0.3, -0.25) is 9.36 Å². The first-order valence-electron chi connectivity index (χ1n) is 9.95. The number of esters is 1. The van der Waals surface area contributed by atoms with Crippen LogP contribution in [-0.4, -0.2) is 21.7 Å². The largest absolute Gasteiger partial charge is 0.493 e. The van der Waals surface area contributed by atoms with Crippen molar-refractivity contribution in [1.82, 2.24) is 4.57 Å². The van der Waals surface area contributed by atoms with E-state index in [4.69, 9.17) is 4.74 Å². The highest BCUT2D eigenvalue weighted by atomic mass is 16.5. The van der Waals surface area contributed by atoms with E-state index in [1.165, 1.54) is 6.92 Å². The number of rotatable bonds is 6. The fraction of sp³-hybridized carbons (Fsp3) is 0.208. The number of nitriles is 1. The quantitative estimate of drug-likeness (QED) is 0.447. The van der Waals surface area contributed by atoms with Crippen molar-refractivity contribution >= 4 is 17.3 Å². The zero-order chi connectivity index (χ0) is 23.3. The summed E-state index contributed by atoms with van der Waals surface area (Å²) in [4.78, 5) is 25.0. The van der Waals surface area contributed by atoms with Gasteiger partial charge in [0, 0.05) is 5.56 Å². The van der Waals surface area contributed by atoms with Crippen molar-refractivity contribution in [3.8, 4) is 11.9 Å². The van der Waals surface area contributed by atoms with Gasteiger partial charge in [0.2, 0.25) is 5.88 Å². The van der Waals surface area contributed by atoms with Crippen LogP contribution in [0.1, 0.15) is 40.9 Å². The third-order valence-corrected chi connectivity index (χ3v) is 4.66. The molecule has 1 aromatic heterocycles. The molecule has 0 fully saturated rings. The van der Waals surface area contributed by atoms with Gasteiger partial charge in [-0.2, -0.15) is 10.4 Å². The molecule has 0 radical (unpaired) electrons. The number of aromatic hydroxyl groups is 1. The Bertz CT molecular complexity index is 1250. The van der Waals surface area contributed by atoms with Crippen molar-refractivity contribution in [3.63, 3.8) is 0 Å². The van der Waals surface area contributed by atoms with Gasteiger partial charge >= 0.3 is 5.97 Å². The second kappa shape index (κ2) is 9.71. The van der Waals surface area contributed by atoms with E-state index in [1.807, 2.05) is 36.4 Å². The van der Waals surface area contributed by atoms with Gasteiger partial charge in [0.05, 0.1) is 23.9 Å². The van der Waals surface area contributed by atoms with E-state index >= 15 is 0 Å². The molecule has 0 aliphatic rings. The lowest BCUT2D eigenvalue weighted by Gasteiger charge is -2.13. The summed E-state index contributed by atoms with van der Waals surface area (Å²) in [5, 5.41) is 28.1. The molecule has 0 saturated carbocycles. The maximum atomic E-state index is 13.0. The molecule has 3 aromatic rings. The van der Waals surface area contributed by atoms with Crippen molar-refractivity contribution in [2.24, 2.45) is 10.2 Å². The normalized spacial score (nSPS) is 11.0. The number of aromatic nitrogens is 1. The molecule has 1 heterocycles. The van der Waals surface area contributed by atoms with Crippen LogP contribution >= 0.6 is 0 Å². The van der Waals surface area contributed by atoms with Crippen LogP contribution in [0.25, 0.3) is 0 Å². The van der Waals surface area contributed by atoms with Crippen molar-refractivity contribution in [1.29, 1.82) is 5.26 Å². The van der Waals surface area contributed by atoms with Gasteiger partial charge in [0.25, 0.3) is 5.56 Å². The standard InChI is InChI=1S/C24H22N4O4/c1-15(2)32-24(31)18-9-11-19(12-10-18)26-27-21-16(3)20(13-25)22(29)28(23(21)30)14-17-7-5-4-6-8-17/h4-12,15,29H,14H2,1-3H3. The predicted molar refractivity (Wildman–Crippen MR) is 119 cm³/mol. The number of nitrogens with zero attached hydrogens (tertiary/aromatic N) is 4. The third kappa shape index (κ3) is 4.90. The maximum Gasteiger partial charge on any atom is 0.338 e. The fourth-order valence-corrected chi connectivity index (χ4v) is 3.02. The number of carbonyl (C=O) groups excluding carboxylic acids is 1. The van der Waals surface area contributed by atoms with Gasteiger partial charge in [0.1, 0.15) is 11.6 Å². The van der Waals surface area contributed by atoms with Gasteiger partial charge in [0.15, 0.2) is 5.69 Å². The Labute approximate surface area is 185 Å². The van der Waals surface area contributed by atoms with E-state index < -0.39 is 17.4 Å². The van der Waals surface area contributed by atoms with E-state index in [9.17, 15) is 20.0 Å². The van der Waals surface area contributed by atoms with Crippen molar-refractivity contribution < 1.29 is 14.6 Å². The topological polar surface area (TPSA) is 117 Å². The van der Waals surface area contributed by atoms with Gasteiger partial charge in [-0.25, -0.2) is 4.79 Å². The van der Waals surface area contributed by atoms with E-state index in [0.29, 0.717) is 11.3 Å². The minimum Gasteiger partial charge on any atom is -0.493 e. The lowest BCUT2D eigenvalue weighted by atomic mass is 10.1. The lowest BCUT2D eigenvalue weighted by Crippen LogP contribution is -2.22. The third-order valence-electron chi connectivity index (χ3n) is 4.66. The van der Waals surface area contributed by atoms with E-state index in [2.05, 4.69) is 10.2 Å². The number of hydrogen-bond acceptors (Lipinski definition) is 7. The molecule has 0 spiro atoms. The van der Waals surface area contributed by atoms with E-state index in [0.717, 1.165) is 10.1 Å². The SMILES string of the molecule is Cc1c(C#N)c(O)n(Cc2ccccc2)c(=O)c1N=Nc1ccc(C(=O)OC(C)C)cc1. The Balaban J connectivity index is 1.96. The molecule has 0 aliphatic carbocycles. The van der Waals surface area contributed by atoms with Crippen LogP contribution in [0.4, 0.5) is 11.4 Å². The first kappa shape index (κ1) is 22.4. The molecule has 0 atom stereocenters. The minimum absolute atomic E-state index is 0.0405. The van der Waals surface area contributed by atoms with E-state index in [1.54, 1.807) is 38.1 Å². The molecule has 8 heteroatoms. The van der Waals surface area contributed by atoms with Crippen LogP contribution in [0, 0.1) is 18.3 Å². The average Bonchev–Trinajstić information content (AvgIpc) is 2.77. The molecule has 3 rings (SSSR count). The summed E-state index contributed by atoms with van der Waals surface area (Å²) in [7, 11) is 0. The molecule has 2 aromatic carbocycles. The van der Waals surface area contributed by atoms with Crippen LogP contribution in [0.5, 0.6) is 5.88 Å². The fourth-order valence-electron chi connectivity index (χ4n) is 3.02. The number of carbonyl (C=O) groups is 1.